The fourth-order valence-corrected chi connectivity index (χ4v) is 7.92. The van der Waals surface area contributed by atoms with Gasteiger partial charge in [0.25, 0.3) is 0 Å². The van der Waals surface area contributed by atoms with Gasteiger partial charge in [-0.1, -0.05) is 167 Å². The van der Waals surface area contributed by atoms with Crippen LogP contribution in [0.5, 0.6) is 0 Å². The van der Waals surface area contributed by atoms with Gasteiger partial charge in [0.2, 0.25) is 0 Å². The van der Waals surface area contributed by atoms with Gasteiger partial charge >= 0.3 is 37.9 Å². The number of halogens is 2. The molecule has 0 atom stereocenters. The van der Waals surface area contributed by atoms with E-state index < -0.39 is 20.8 Å². The molecule has 0 bridgehead atoms. The minimum absolute atomic E-state index is 0.517. The summed E-state index contributed by atoms with van der Waals surface area (Å²) in [6.07, 6.45) is 2.30. The number of hydrogen-bond acceptors (Lipinski definition) is 0. The van der Waals surface area contributed by atoms with E-state index in [9.17, 15) is 0 Å². The molecule has 2 radical (unpaired) electrons. The third-order valence-electron chi connectivity index (χ3n) is 10.2. The number of hydrogen-bond donors (Lipinski definition) is 0. The zero-order valence-corrected chi connectivity index (χ0v) is 41.8. The monoisotopic (exact) mass is 880 g/mol. The van der Waals surface area contributed by atoms with Crippen LogP contribution in [-0.2, 0) is 33.7 Å². The first-order valence-electron chi connectivity index (χ1n) is 20.8. The number of benzene rings is 4. The van der Waals surface area contributed by atoms with E-state index in [1.807, 2.05) is 0 Å². The third kappa shape index (κ3) is 12.9. The molecule has 4 heteroatoms. The predicted molar refractivity (Wildman–Crippen MR) is 253 cm³/mol. The van der Waals surface area contributed by atoms with Crippen molar-refractivity contribution in [3.8, 4) is 22.3 Å². The van der Waals surface area contributed by atoms with Crippen molar-refractivity contribution in [3.63, 3.8) is 0 Å². The fraction of sp³-hybridized carbons (Fsp3) is 0.423. The van der Waals surface area contributed by atoms with Crippen LogP contribution in [0.3, 0.4) is 0 Å². The van der Waals surface area contributed by atoms with E-state index in [0.717, 1.165) is 22.4 Å². The van der Waals surface area contributed by atoms with Gasteiger partial charge in [-0.25, -0.2) is 0 Å². The Hall–Kier alpha value is -2.22. The zero-order valence-electron chi connectivity index (χ0n) is 36.9. The summed E-state index contributed by atoms with van der Waals surface area (Å²) in [6, 6.07) is 36.9. The third-order valence-corrected chi connectivity index (χ3v) is 10.2. The van der Waals surface area contributed by atoms with Gasteiger partial charge in [0.1, 0.15) is 0 Å². The molecule has 0 saturated heterocycles. The predicted octanol–water partition coefficient (Wildman–Crippen LogP) is 17.5. The Morgan fingerprint density at radius 1 is 0.482 bits per heavy atom. The van der Waals surface area contributed by atoms with Gasteiger partial charge in [-0.15, -0.1) is 69.1 Å². The summed E-state index contributed by atoms with van der Waals surface area (Å²) in [7, 11) is 11.0. The Morgan fingerprint density at radius 2 is 0.786 bits per heavy atom. The summed E-state index contributed by atoms with van der Waals surface area (Å²) < 4.78 is 0. The van der Waals surface area contributed by atoms with E-state index in [1.165, 1.54) is 77.2 Å². The van der Waals surface area contributed by atoms with Gasteiger partial charge in [0.05, 0.1) is 0 Å². The number of rotatable bonds is 10. The Bertz CT molecular complexity index is 1920. The van der Waals surface area contributed by atoms with E-state index in [1.54, 1.807) is 0 Å². The molecule has 0 fully saturated rings. The molecule has 0 spiro atoms. The average molecular weight is 883 g/mol. The van der Waals surface area contributed by atoms with E-state index in [-0.39, 0.29) is 0 Å². The number of fused-ring (bicyclic) bond motifs is 2. The van der Waals surface area contributed by atoms with Crippen molar-refractivity contribution in [1.29, 1.82) is 0 Å². The molecular formula is C52H68Cl2SiZr. The van der Waals surface area contributed by atoms with E-state index in [4.69, 9.17) is 17.0 Å². The molecule has 56 heavy (non-hydrogen) atoms. The van der Waals surface area contributed by atoms with Crippen LogP contribution in [0.2, 0.25) is 13.1 Å². The maximum atomic E-state index is 4.93. The van der Waals surface area contributed by atoms with Crippen LogP contribution in [0.25, 0.3) is 43.8 Å². The van der Waals surface area contributed by atoms with Crippen LogP contribution >= 0.6 is 17.0 Å². The van der Waals surface area contributed by atoms with Gasteiger partial charge in [-0.2, -0.15) is 12.1 Å². The molecule has 6 aromatic rings. The van der Waals surface area contributed by atoms with Gasteiger partial charge in [0.15, 0.2) is 0 Å². The van der Waals surface area contributed by atoms with Crippen molar-refractivity contribution < 1.29 is 20.8 Å². The van der Waals surface area contributed by atoms with Crippen molar-refractivity contribution in [1.82, 2.24) is 0 Å². The second kappa shape index (κ2) is 23.4. The molecule has 0 aliphatic heterocycles. The van der Waals surface area contributed by atoms with Gasteiger partial charge in [-0.3, -0.25) is 0 Å². The normalized spacial score (nSPS) is 11.2. The Kier molecular flexibility index (Phi) is 20.1. The summed E-state index contributed by atoms with van der Waals surface area (Å²) in [5.41, 5.74) is 14.5. The molecule has 298 valence electrons. The topological polar surface area (TPSA) is 0 Å². The van der Waals surface area contributed by atoms with Gasteiger partial charge in [0, 0.05) is 9.52 Å². The molecule has 0 heterocycles. The summed E-state index contributed by atoms with van der Waals surface area (Å²) in [4.78, 5) is 0. The molecule has 6 aromatic carbocycles. The molecule has 0 nitrogen and oxygen atoms in total. The van der Waals surface area contributed by atoms with E-state index in [0.29, 0.717) is 35.5 Å². The van der Waals surface area contributed by atoms with Crippen LogP contribution < -0.4 is 0 Å². The first-order valence-corrected chi connectivity index (χ1v) is 29.1. The summed E-state index contributed by atoms with van der Waals surface area (Å²) in [5.74, 6) is 3.46. The van der Waals surface area contributed by atoms with Gasteiger partial charge < -0.3 is 0 Å². The first kappa shape index (κ1) is 48.2. The molecule has 6 rings (SSSR count). The summed E-state index contributed by atoms with van der Waals surface area (Å²) >= 11 is -0.826. The zero-order chi connectivity index (χ0) is 41.7. The second-order valence-electron chi connectivity index (χ2n) is 17.4. The minimum atomic E-state index is -0.826. The first-order chi connectivity index (χ1) is 26.6. The quantitative estimate of drug-likeness (QED) is 0.0950. The Balaban J connectivity index is 0.000000264. The molecule has 0 aliphatic rings. The van der Waals surface area contributed by atoms with Crippen LogP contribution in [-0.4, -0.2) is 9.52 Å². The molecule has 0 N–H and O–H groups in total. The van der Waals surface area contributed by atoms with E-state index >= 15 is 0 Å². The molecule has 0 aliphatic carbocycles. The summed E-state index contributed by atoms with van der Waals surface area (Å²) in [6.45, 7) is 31.9. The van der Waals surface area contributed by atoms with Crippen LogP contribution in [0.1, 0.15) is 140 Å². The SMILES string of the molecule is CC(C)Cc1cc2c(-c3ccccc3C(C)C)c(C(C)C)ccc2[cH-]1.CC(C)Cc1cc2c(-c3ccccc3C(C)C)c(C(C)C)ccc2[cH-]1.C[Si]C.[Cl][Zr+2][Cl]. The molecule has 0 amide bonds. The Labute approximate surface area is 363 Å². The average Bonchev–Trinajstić information content (AvgIpc) is 3.73. The Morgan fingerprint density at radius 3 is 1.07 bits per heavy atom. The fourth-order valence-electron chi connectivity index (χ4n) is 7.92. The van der Waals surface area contributed by atoms with Crippen molar-refractivity contribution in [3.05, 3.63) is 130 Å². The molecule has 0 unspecified atom stereocenters. The standard InChI is InChI=1S/2C25H31.C2H6Si.2ClH.Zr/c2*1-16(2)13-19-14-20-11-12-22(18(5)6)25(24(20)15-19)23-10-8-7-9-21(23)17(3)4;1-3-2;;;/h2*7-12,14-18H,13H2,1-6H3;1-2H3;2*1H;/q2*-1;;;;+4/p-2. The second-order valence-corrected chi connectivity index (χ2v) is 22.1. The summed E-state index contributed by atoms with van der Waals surface area (Å²) in [5, 5.41) is 5.62. The van der Waals surface area contributed by atoms with Crippen molar-refractivity contribution >= 4 is 48.1 Å². The van der Waals surface area contributed by atoms with Crippen molar-refractivity contribution in [2.24, 2.45) is 11.8 Å². The van der Waals surface area contributed by atoms with E-state index in [2.05, 4.69) is 193 Å². The van der Waals surface area contributed by atoms with Crippen LogP contribution in [0, 0.1) is 11.8 Å². The van der Waals surface area contributed by atoms with Crippen LogP contribution in [0.15, 0.2) is 97.1 Å². The molecular weight excluding hydrogens is 815 g/mol. The maximum absolute atomic E-state index is 4.93. The molecule has 0 aromatic heterocycles. The molecule has 0 saturated carbocycles. The van der Waals surface area contributed by atoms with Gasteiger partial charge in [-0.05, 0) is 70.6 Å². The van der Waals surface area contributed by atoms with Crippen LogP contribution in [0.4, 0.5) is 0 Å². The van der Waals surface area contributed by atoms with Crippen molar-refractivity contribution in [2.45, 2.75) is 133 Å². The van der Waals surface area contributed by atoms with Crippen molar-refractivity contribution in [2.75, 3.05) is 0 Å².